The summed E-state index contributed by atoms with van der Waals surface area (Å²) < 4.78 is 23.8. The third kappa shape index (κ3) is 3.36. The predicted molar refractivity (Wildman–Crippen MR) is 77.2 cm³/mol. The van der Waals surface area contributed by atoms with Gasteiger partial charge in [-0.1, -0.05) is 6.92 Å². The van der Waals surface area contributed by atoms with Crippen LogP contribution in [0.2, 0.25) is 0 Å². The smallest absolute Gasteiger partial charge is 0.178 e. The lowest BCUT2D eigenvalue weighted by molar-refractivity contribution is 0.594. The first kappa shape index (κ1) is 14.5. The molecule has 0 radical (unpaired) electrons. The Labute approximate surface area is 118 Å². The van der Waals surface area contributed by atoms with Crippen molar-refractivity contribution in [2.45, 2.75) is 31.2 Å². The van der Waals surface area contributed by atoms with Crippen molar-refractivity contribution in [3.05, 3.63) is 36.4 Å². The average molecular weight is 294 g/mol. The number of benzene rings is 1. The minimum Gasteiger partial charge on any atom is -0.375 e. The van der Waals surface area contributed by atoms with Crippen LogP contribution >= 0.6 is 0 Å². The molecule has 1 aromatic heterocycles. The van der Waals surface area contributed by atoms with Gasteiger partial charge in [-0.05, 0) is 37.6 Å². The van der Waals surface area contributed by atoms with E-state index < -0.39 is 9.84 Å². The van der Waals surface area contributed by atoms with Gasteiger partial charge in [0.2, 0.25) is 0 Å². The number of H-pyrrole nitrogens is 1. The molecule has 1 atom stereocenters. The standard InChI is InChI=1S/C13H18N4O2S/c1-3-8-20(18,19)12-6-4-11(5-7-12)16-10(2)13-14-9-15-17-13/h4-7,9-10,16H,3,8H2,1-2H3,(H,14,15,17). The monoisotopic (exact) mass is 294 g/mol. The normalized spacial score (nSPS) is 13.1. The van der Waals surface area contributed by atoms with Crippen LogP contribution in [-0.2, 0) is 9.84 Å². The highest BCUT2D eigenvalue weighted by molar-refractivity contribution is 7.91. The van der Waals surface area contributed by atoms with Crippen molar-refractivity contribution in [2.75, 3.05) is 11.1 Å². The van der Waals surface area contributed by atoms with E-state index in [9.17, 15) is 8.42 Å². The van der Waals surface area contributed by atoms with E-state index in [1.165, 1.54) is 6.33 Å². The van der Waals surface area contributed by atoms with Gasteiger partial charge in [0.1, 0.15) is 12.2 Å². The van der Waals surface area contributed by atoms with E-state index in [4.69, 9.17) is 0 Å². The Morgan fingerprint density at radius 3 is 2.55 bits per heavy atom. The number of sulfone groups is 1. The van der Waals surface area contributed by atoms with Gasteiger partial charge in [0.05, 0.1) is 16.7 Å². The summed E-state index contributed by atoms with van der Waals surface area (Å²) in [6.45, 7) is 3.80. The second-order valence-electron chi connectivity index (χ2n) is 4.58. The molecule has 20 heavy (non-hydrogen) atoms. The Hall–Kier alpha value is -1.89. The molecule has 0 saturated heterocycles. The molecule has 6 nitrogen and oxygen atoms in total. The average Bonchev–Trinajstić information content (AvgIpc) is 2.93. The van der Waals surface area contributed by atoms with Crippen LogP contribution in [-0.4, -0.2) is 29.4 Å². The summed E-state index contributed by atoms with van der Waals surface area (Å²) in [5.41, 5.74) is 0.837. The molecule has 0 spiro atoms. The predicted octanol–water partition coefficient (Wildman–Crippen LogP) is 2.16. The SMILES string of the molecule is CCCS(=O)(=O)c1ccc(NC(C)c2ncn[nH]2)cc1. The Balaban J connectivity index is 2.09. The van der Waals surface area contributed by atoms with Crippen molar-refractivity contribution in [3.63, 3.8) is 0 Å². The van der Waals surface area contributed by atoms with Gasteiger partial charge < -0.3 is 5.32 Å². The molecular formula is C13H18N4O2S. The Kier molecular flexibility index (Phi) is 4.39. The molecule has 2 N–H and O–H groups in total. The highest BCUT2D eigenvalue weighted by Crippen LogP contribution is 2.19. The second-order valence-corrected chi connectivity index (χ2v) is 6.69. The van der Waals surface area contributed by atoms with Crippen molar-refractivity contribution < 1.29 is 8.42 Å². The molecule has 108 valence electrons. The van der Waals surface area contributed by atoms with Gasteiger partial charge in [0.15, 0.2) is 9.84 Å². The number of rotatable bonds is 6. The van der Waals surface area contributed by atoms with Crippen LogP contribution < -0.4 is 5.32 Å². The first-order valence-electron chi connectivity index (χ1n) is 6.47. The lowest BCUT2D eigenvalue weighted by Crippen LogP contribution is -2.09. The molecule has 2 aromatic rings. The van der Waals surface area contributed by atoms with E-state index in [1.54, 1.807) is 24.3 Å². The van der Waals surface area contributed by atoms with E-state index >= 15 is 0 Å². The van der Waals surface area contributed by atoms with E-state index in [0.717, 1.165) is 11.5 Å². The molecule has 1 heterocycles. The van der Waals surface area contributed by atoms with Crippen molar-refractivity contribution in [1.29, 1.82) is 0 Å². The largest absolute Gasteiger partial charge is 0.375 e. The van der Waals surface area contributed by atoms with Gasteiger partial charge in [0.25, 0.3) is 0 Å². The van der Waals surface area contributed by atoms with E-state index in [0.29, 0.717) is 11.3 Å². The fourth-order valence-corrected chi connectivity index (χ4v) is 3.21. The number of aromatic nitrogens is 3. The zero-order chi connectivity index (χ0) is 14.6. The summed E-state index contributed by atoms with van der Waals surface area (Å²) in [7, 11) is -3.16. The summed E-state index contributed by atoms with van der Waals surface area (Å²) in [5.74, 6) is 0.904. The molecular weight excluding hydrogens is 276 g/mol. The maximum Gasteiger partial charge on any atom is 0.178 e. The molecule has 0 aliphatic heterocycles. The highest BCUT2D eigenvalue weighted by Gasteiger charge is 2.13. The number of aromatic amines is 1. The second kappa shape index (κ2) is 6.04. The minimum absolute atomic E-state index is 0.0319. The van der Waals surface area contributed by atoms with Crippen LogP contribution in [0, 0.1) is 0 Å². The molecule has 7 heteroatoms. The summed E-state index contributed by atoms with van der Waals surface area (Å²) in [4.78, 5) is 4.43. The fourth-order valence-electron chi connectivity index (χ4n) is 1.89. The van der Waals surface area contributed by atoms with E-state index in [-0.39, 0.29) is 11.8 Å². The van der Waals surface area contributed by atoms with Gasteiger partial charge in [0, 0.05) is 5.69 Å². The highest BCUT2D eigenvalue weighted by atomic mass is 32.2. The van der Waals surface area contributed by atoms with Crippen molar-refractivity contribution >= 4 is 15.5 Å². The van der Waals surface area contributed by atoms with Crippen molar-refractivity contribution in [3.8, 4) is 0 Å². The molecule has 0 bridgehead atoms. The summed E-state index contributed by atoms with van der Waals surface area (Å²) in [6.07, 6.45) is 2.07. The molecule has 2 rings (SSSR count). The zero-order valence-corrected chi connectivity index (χ0v) is 12.3. The molecule has 0 fully saturated rings. The molecule has 1 unspecified atom stereocenters. The van der Waals surface area contributed by atoms with Crippen LogP contribution in [0.1, 0.15) is 32.1 Å². The number of hydrogen-bond donors (Lipinski definition) is 2. The van der Waals surface area contributed by atoms with Crippen LogP contribution in [0.25, 0.3) is 0 Å². The maximum absolute atomic E-state index is 11.9. The number of nitrogens with zero attached hydrogens (tertiary/aromatic N) is 2. The Bertz CT molecular complexity index is 636. The summed E-state index contributed by atoms with van der Waals surface area (Å²) in [6, 6.07) is 6.74. The quantitative estimate of drug-likeness (QED) is 0.852. The topological polar surface area (TPSA) is 87.7 Å². The minimum atomic E-state index is -3.16. The number of anilines is 1. The summed E-state index contributed by atoms with van der Waals surface area (Å²) in [5, 5.41) is 9.81. The molecule has 0 aliphatic carbocycles. The molecule has 0 aliphatic rings. The lowest BCUT2D eigenvalue weighted by Gasteiger charge is -2.13. The third-order valence-electron chi connectivity index (χ3n) is 2.91. The molecule has 1 aromatic carbocycles. The number of nitrogens with one attached hydrogen (secondary N) is 2. The van der Waals surface area contributed by atoms with Gasteiger partial charge in [-0.3, -0.25) is 5.10 Å². The Morgan fingerprint density at radius 1 is 1.30 bits per heavy atom. The first-order chi connectivity index (χ1) is 9.53. The van der Waals surface area contributed by atoms with Gasteiger partial charge >= 0.3 is 0 Å². The van der Waals surface area contributed by atoms with Crippen LogP contribution in [0.3, 0.4) is 0 Å². The van der Waals surface area contributed by atoms with Gasteiger partial charge in [-0.2, -0.15) is 5.10 Å². The maximum atomic E-state index is 11.9. The molecule has 0 amide bonds. The van der Waals surface area contributed by atoms with Gasteiger partial charge in [-0.15, -0.1) is 0 Å². The fraction of sp³-hybridized carbons (Fsp3) is 0.385. The van der Waals surface area contributed by atoms with E-state index in [2.05, 4.69) is 20.5 Å². The van der Waals surface area contributed by atoms with Crippen LogP contribution in [0.5, 0.6) is 0 Å². The Morgan fingerprint density at radius 2 is 2.00 bits per heavy atom. The van der Waals surface area contributed by atoms with E-state index in [1.807, 2.05) is 13.8 Å². The van der Waals surface area contributed by atoms with Crippen LogP contribution in [0.15, 0.2) is 35.5 Å². The van der Waals surface area contributed by atoms with Crippen molar-refractivity contribution in [2.24, 2.45) is 0 Å². The van der Waals surface area contributed by atoms with Crippen molar-refractivity contribution in [1.82, 2.24) is 15.2 Å². The first-order valence-corrected chi connectivity index (χ1v) is 8.13. The zero-order valence-electron chi connectivity index (χ0n) is 11.5. The van der Waals surface area contributed by atoms with Gasteiger partial charge in [-0.25, -0.2) is 13.4 Å². The van der Waals surface area contributed by atoms with Crippen LogP contribution in [0.4, 0.5) is 5.69 Å². The molecule has 0 saturated carbocycles. The number of hydrogen-bond acceptors (Lipinski definition) is 5. The third-order valence-corrected chi connectivity index (χ3v) is 4.85. The summed E-state index contributed by atoms with van der Waals surface area (Å²) >= 11 is 0. The lowest BCUT2D eigenvalue weighted by atomic mass is 10.2.